The van der Waals surface area contributed by atoms with Gasteiger partial charge in [-0.2, -0.15) is 0 Å². The van der Waals surface area contributed by atoms with Gasteiger partial charge in [-0.3, -0.25) is 0 Å². The summed E-state index contributed by atoms with van der Waals surface area (Å²) in [4.78, 5) is 11.3. The first kappa shape index (κ1) is 11.8. The maximum atomic E-state index is 11.3. The summed E-state index contributed by atoms with van der Waals surface area (Å²) in [5.74, 6) is 0.427. The number of cyclic esters (lactones) is 1. The van der Waals surface area contributed by atoms with Crippen molar-refractivity contribution in [3.63, 3.8) is 0 Å². The van der Waals surface area contributed by atoms with E-state index in [0.717, 1.165) is 11.1 Å². The van der Waals surface area contributed by atoms with E-state index in [4.69, 9.17) is 9.47 Å². The molecule has 0 radical (unpaired) electrons. The first-order chi connectivity index (χ1) is 9.33. The van der Waals surface area contributed by atoms with Gasteiger partial charge >= 0.3 is 5.97 Å². The number of carbonyl (C=O) groups is 1. The maximum absolute atomic E-state index is 11.3. The van der Waals surface area contributed by atoms with Crippen molar-refractivity contribution < 1.29 is 14.3 Å². The summed E-state index contributed by atoms with van der Waals surface area (Å²) in [5, 5.41) is 0. The molecule has 96 valence electrons. The van der Waals surface area contributed by atoms with Gasteiger partial charge in [-0.25, -0.2) is 4.79 Å². The summed E-state index contributed by atoms with van der Waals surface area (Å²) in [6, 6.07) is 17.9. The number of hydrogen-bond donors (Lipinski definition) is 0. The number of hydrogen-bond acceptors (Lipinski definition) is 3. The van der Waals surface area contributed by atoms with Crippen LogP contribution in [-0.4, -0.2) is 18.7 Å². The van der Waals surface area contributed by atoms with Gasteiger partial charge in [-0.15, -0.1) is 0 Å². The van der Waals surface area contributed by atoms with Crippen molar-refractivity contribution in [2.45, 2.75) is 12.5 Å². The number of benzene rings is 2. The predicted octanol–water partition coefficient (Wildman–Crippen LogP) is 3.05. The fourth-order valence-electron chi connectivity index (χ4n) is 2.11. The van der Waals surface area contributed by atoms with E-state index in [9.17, 15) is 4.79 Å². The van der Waals surface area contributed by atoms with Crippen molar-refractivity contribution in [3.05, 3.63) is 54.6 Å². The highest BCUT2D eigenvalue weighted by Crippen LogP contribution is 2.23. The van der Waals surface area contributed by atoms with E-state index < -0.39 is 6.10 Å². The Kier molecular flexibility index (Phi) is 3.19. The predicted molar refractivity (Wildman–Crippen MR) is 71.9 cm³/mol. The molecule has 0 N–H and O–H groups in total. The van der Waals surface area contributed by atoms with Crippen LogP contribution in [0.4, 0.5) is 0 Å². The standard InChI is InChI=1S/C16H14O3/c17-16-15(10-11-18-16)19-14-8-6-13(7-9-14)12-4-2-1-3-5-12/h1-9,15H,10-11H2. The molecular weight excluding hydrogens is 240 g/mol. The van der Waals surface area contributed by atoms with E-state index in [-0.39, 0.29) is 5.97 Å². The van der Waals surface area contributed by atoms with E-state index in [1.807, 2.05) is 42.5 Å². The molecule has 1 heterocycles. The van der Waals surface area contributed by atoms with Crippen molar-refractivity contribution >= 4 is 5.97 Å². The third-order valence-corrected chi connectivity index (χ3v) is 3.13. The zero-order valence-corrected chi connectivity index (χ0v) is 10.4. The lowest BCUT2D eigenvalue weighted by Gasteiger charge is -2.10. The Hall–Kier alpha value is -2.29. The lowest BCUT2D eigenvalue weighted by molar-refractivity contribution is -0.143. The van der Waals surface area contributed by atoms with Gasteiger partial charge in [0.15, 0.2) is 6.10 Å². The van der Waals surface area contributed by atoms with Crippen molar-refractivity contribution in [1.29, 1.82) is 0 Å². The Morgan fingerprint density at radius 2 is 1.63 bits per heavy atom. The molecule has 0 bridgehead atoms. The van der Waals surface area contributed by atoms with Crippen LogP contribution in [0.2, 0.25) is 0 Å². The highest BCUT2D eigenvalue weighted by molar-refractivity contribution is 5.76. The highest BCUT2D eigenvalue weighted by atomic mass is 16.6. The largest absolute Gasteiger partial charge is 0.479 e. The first-order valence-corrected chi connectivity index (χ1v) is 6.32. The summed E-state index contributed by atoms with van der Waals surface area (Å²) >= 11 is 0. The van der Waals surface area contributed by atoms with E-state index in [2.05, 4.69) is 12.1 Å². The van der Waals surface area contributed by atoms with E-state index in [1.165, 1.54) is 0 Å². The van der Waals surface area contributed by atoms with Crippen LogP contribution >= 0.6 is 0 Å². The molecule has 0 spiro atoms. The topological polar surface area (TPSA) is 35.5 Å². The van der Waals surface area contributed by atoms with Crippen LogP contribution in [0.25, 0.3) is 11.1 Å². The minimum atomic E-state index is -0.456. The number of esters is 1. The smallest absolute Gasteiger partial charge is 0.347 e. The van der Waals surface area contributed by atoms with Crippen LogP contribution < -0.4 is 4.74 Å². The summed E-state index contributed by atoms with van der Waals surface area (Å²) < 4.78 is 10.5. The Morgan fingerprint density at radius 3 is 2.26 bits per heavy atom. The SMILES string of the molecule is O=C1OCCC1Oc1ccc(-c2ccccc2)cc1. The molecule has 0 saturated carbocycles. The second kappa shape index (κ2) is 5.14. The fraction of sp³-hybridized carbons (Fsp3) is 0.188. The van der Waals surface area contributed by atoms with Crippen molar-refractivity contribution in [3.8, 4) is 16.9 Å². The van der Waals surface area contributed by atoms with Crippen molar-refractivity contribution in [1.82, 2.24) is 0 Å². The van der Waals surface area contributed by atoms with Crippen LogP contribution in [0.3, 0.4) is 0 Å². The van der Waals surface area contributed by atoms with Gasteiger partial charge in [-0.1, -0.05) is 42.5 Å². The monoisotopic (exact) mass is 254 g/mol. The second-order valence-electron chi connectivity index (χ2n) is 4.45. The molecule has 2 aromatic carbocycles. The molecule has 0 aromatic heterocycles. The molecule has 19 heavy (non-hydrogen) atoms. The van der Waals surface area contributed by atoms with Crippen LogP contribution in [0.5, 0.6) is 5.75 Å². The number of carbonyl (C=O) groups excluding carboxylic acids is 1. The molecule has 1 aliphatic heterocycles. The quantitative estimate of drug-likeness (QED) is 0.790. The van der Waals surface area contributed by atoms with Gasteiger partial charge in [0.25, 0.3) is 0 Å². The lowest BCUT2D eigenvalue weighted by Crippen LogP contribution is -2.21. The summed E-state index contributed by atoms with van der Waals surface area (Å²) in [7, 11) is 0. The first-order valence-electron chi connectivity index (χ1n) is 6.32. The van der Waals surface area contributed by atoms with Crippen LogP contribution in [0.15, 0.2) is 54.6 Å². The molecule has 1 atom stereocenters. The molecular formula is C16H14O3. The fourth-order valence-corrected chi connectivity index (χ4v) is 2.11. The minimum absolute atomic E-state index is 0.271. The summed E-state index contributed by atoms with van der Waals surface area (Å²) in [6.07, 6.45) is 0.168. The molecule has 1 saturated heterocycles. The Balaban J connectivity index is 1.74. The normalized spacial score (nSPS) is 18.1. The van der Waals surface area contributed by atoms with Crippen molar-refractivity contribution in [2.75, 3.05) is 6.61 Å². The van der Waals surface area contributed by atoms with Gasteiger partial charge < -0.3 is 9.47 Å². The highest BCUT2D eigenvalue weighted by Gasteiger charge is 2.28. The average Bonchev–Trinajstić information content (AvgIpc) is 2.86. The minimum Gasteiger partial charge on any atom is -0.479 e. The maximum Gasteiger partial charge on any atom is 0.347 e. The van der Waals surface area contributed by atoms with Crippen LogP contribution in [0, 0.1) is 0 Å². The average molecular weight is 254 g/mol. The molecule has 1 fully saturated rings. The van der Waals surface area contributed by atoms with E-state index >= 15 is 0 Å². The zero-order valence-electron chi connectivity index (χ0n) is 10.4. The molecule has 2 aromatic rings. The van der Waals surface area contributed by atoms with Gasteiger partial charge in [0.05, 0.1) is 6.61 Å². The van der Waals surface area contributed by atoms with Crippen LogP contribution in [0.1, 0.15) is 6.42 Å². The second-order valence-corrected chi connectivity index (χ2v) is 4.45. The molecule has 0 amide bonds. The lowest BCUT2D eigenvalue weighted by atomic mass is 10.1. The van der Waals surface area contributed by atoms with Crippen molar-refractivity contribution in [2.24, 2.45) is 0 Å². The third-order valence-electron chi connectivity index (χ3n) is 3.13. The zero-order chi connectivity index (χ0) is 13.1. The summed E-state index contributed by atoms with van der Waals surface area (Å²) in [6.45, 7) is 0.450. The summed E-state index contributed by atoms with van der Waals surface area (Å²) in [5.41, 5.74) is 2.29. The third kappa shape index (κ3) is 2.60. The molecule has 0 aliphatic carbocycles. The Morgan fingerprint density at radius 1 is 0.947 bits per heavy atom. The van der Waals surface area contributed by atoms with Crippen LogP contribution in [-0.2, 0) is 9.53 Å². The van der Waals surface area contributed by atoms with E-state index in [1.54, 1.807) is 0 Å². The van der Waals surface area contributed by atoms with Gasteiger partial charge in [-0.05, 0) is 23.3 Å². The molecule has 1 aliphatic rings. The number of rotatable bonds is 3. The molecule has 3 nitrogen and oxygen atoms in total. The molecule has 3 rings (SSSR count). The van der Waals surface area contributed by atoms with Gasteiger partial charge in [0.2, 0.25) is 0 Å². The van der Waals surface area contributed by atoms with Gasteiger partial charge in [0, 0.05) is 6.42 Å². The molecule has 3 heteroatoms. The molecule has 1 unspecified atom stereocenters. The number of ether oxygens (including phenoxy) is 2. The Bertz CT molecular complexity index is 560. The van der Waals surface area contributed by atoms with Gasteiger partial charge in [0.1, 0.15) is 5.75 Å². The Labute approximate surface area is 111 Å². The van der Waals surface area contributed by atoms with E-state index in [0.29, 0.717) is 18.8 Å².